The molecule has 0 fully saturated rings. The Morgan fingerprint density at radius 3 is 2.83 bits per heavy atom. The van der Waals surface area contributed by atoms with Gasteiger partial charge in [-0.2, -0.15) is 5.10 Å². The van der Waals surface area contributed by atoms with Gasteiger partial charge in [0.25, 0.3) is 0 Å². The molecule has 0 aliphatic rings. The Labute approximate surface area is 105 Å². The topological polar surface area (TPSA) is 84.1 Å². The van der Waals surface area contributed by atoms with Crippen molar-refractivity contribution in [3.8, 4) is 5.75 Å². The van der Waals surface area contributed by atoms with Crippen LogP contribution in [0.4, 0.5) is 0 Å². The summed E-state index contributed by atoms with van der Waals surface area (Å²) in [5, 5.41) is 6.36. The van der Waals surface area contributed by atoms with E-state index in [9.17, 15) is 8.42 Å². The number of ether oxygens (including phenoxy) is 1. The number of aromatic nitrogens is 2. The van der Waals surface area contributed by atoms with Crippen LogP contribution in [0.1, 0.15) is 5.56 Å². The number of methoxy groups -OCH3 is 1. The minimum atomic E-state index is -3.60. The Kier molecular flexibility index (Phi) is 3.63. The van der Waals surface area contributed by atoms with Gasteiger partial charge in [-0.25, -0.2) is 13.1 Å². The van der Waals surface area contributed by atoms with E-state index in [-0.39, 0.29) is 11.4 Å². The summed E-state index contributed by atoms with van der Waals surface area (Å²) in [7, 11) is -2.16. The molecule has 0 bridgehead atoms. The number of para-hydroxylation sites is 1. The van der Waals surface area contributed by atoms with Gasteiger partial charge in [0.2, 0.25) is 10.0 Å². The third kappa shape index (κ3) is 2.69. The van der Waals surface area contributed by atoms with Crippen LogP contribution in [-0.4, -0.2) is 25.7 Å². The fourth-order valence-electron chi connectivity index (χ4n) is 1.47. The number of benzene rings is 1. The first-order valence-corrected chi connectivity index (χ1v) is 6.72. The van der Waals surface area contributed by atoms with Crippen molar-refractivity contribution < 1.29 is 13.2 Å². The van der Waals surface area contributed by atoms with Gasteiger partial charge in [0, 0.05) is 18.3 Å². The molecule has 0 aliphatic carbocycles. The third-order valence-electron chi connectivity index (χ3n) is 2.38. The number of rotatable bonds is 5. The van der Waals surface area contributed by atoms with Crippen LogP contribution in [0.2, 0.25) is 0 Å². The lowest BCUT2D eigenvalue weighted by atomic mass is 10.3. The highest BCUT2D eigenvalue weighted by molar-refractivity contribution is 7.89. The average molecular weight is 267 g/mol. The quantitative estimate of drug-likeness (QED) is 0.843. The van der Waals surface area contributed by atoms with Gasteiger partial charge in [-0.05, 0) is 12.1 Å². The van der Waals surface area contributed by atoms with Crippen molar-refractivity contribution in [3.05, 3.63) is 42.2 Å². The molecule has 0 aliphatic heterocycles. The second-order valence-corrected chi connectivity index (χ2v) is 5.32. The summed E-state index contributed by atoms with van der Waals surface area (Å²) in [4.78, 5) is 0.121. The third-order valence-corrected chi connectivity index (χ3v) is 3.82. The van der Waals surface area contributed by atoms with Crippen molar-refractivity contribution in [1.29, 1.82) is 0 Å². The van der Waals surface area contributed by atoms with E-state index in [1.54, 1.807) is 30.6 Å². The van der Waals surface area contributed by atoms with Crippen molar-refractivity contribution in [2.24, 2.45) is 0 Å². The smallest absolute Gasteiger partial charge is 0.244 e. The van der Waals surface area contributed by atoms with Crippen LogP contribution in [0.3, 0.4) is 0 Å². The second-order valence-electron chi connectivity index (χ2n) is 3.58. The fourth-order valence-corrected chi connectivity index (χ4v) is 2.66. The number of nitrogens with zero attached hydrogens (tertiary/aromatic N) is 1. The molecule has 0 unspecified atom stereocenters. The van der Waals surface area contributed by atoms with Gasteiger partial charge >= 0.3 is 0 Å². The number of sulfonamides is 1. The lowest BCUT2D eigenvalue weighted by molar-refractivity contribution is 0.402. The highest BCUT2D eigenvalue weighted by Gasteiger charge is 2.18. The fraction of sp³-hybridized carbons (Fsp3) is 0.182. The molecule has 2 rings (SSSR count). The lowest BCUT2D eigenvalue weighted by Gasteiger charge is -2.09. The molecule has 1 aromatic heterocycles. The van der Waals surface area contributed by atoms with E-state index in [2.05, 4.69) is 14.9 Å². The summed E-state index contributed by atoms with van der Waals surface area (Å²) in [6, 6.07) is 6.46. The van der Waals surface area contributed by atoms with Gasteiger partial charge in [0.15, 0.2) is 0 Å². The highest BCUT2D eigenvalue weighted by Crippen LogP contribution is 2.22. The van der Waals surface area contributed by atoms with E-state index in [0.29, 0.717) is 5.75 Å². The van der Waals surface area contributed by atoms with Crippen LogP contribution in [0, 0.1) is 0 Å². The molecule has 0 atom stereocenters. The van der Waals surface area contributed by atoms with Gasteiger partial charge in [0.1, 0.15) is 10.6 Å². The molecule has 2 aromatic rings. The van der Waals surface area contributed by atoms with Gasteiger partial charge in [-0.1, -0.05) is 12.1 Å². The number of nitrogens with one attached hydrogen (secondary N) is 2. The molecule has 6 nitrogen and oxygen atoms in total. The zero-order valence-corrected chi connectivity index (χ0v) is 10.6. The van der Waals surface area contributed by atoms with Gasteiger partial charge in [0.05, 0.1) is 13.3 Å². The first-order valence-electron chi connectivity index (χ1n) is 5.24. The Bertz CT molecular complexity index is 608. The number of aromatic amines is 1. The largest absolute Gasteiger partial charge is 0.495 e. The van der Waals surface area contributed by atoms with Crippen LogP contribution in [0.15, 0.2) is 41.6 Å². The molecule has 2 N–H and O–H groups in total. The van der Waals surface area contributed by atoms with Crippen LogP contribution in [0.5, 0.6) is 5.75 Å². The monoisotopic (exact) mass is 267 g/mol. The molecule has 0 amide bonds. The molecule has 0 radical (unpaired) electrons. The van der Waals surface area contributed by atoms with E-state index in [4.69, 9.17) is 4.74 Å². The molecule has 96 valence electrons. The first kappa shape index (κ1) is 12.6. The maximum Gasteiger partial charge on any atom is 0.244 e. The number of hydrogen-bond donors (Lipinski definition) is 2. The Balaban J connectivity index is 2.20. The molecule has 0 saturated heterocycles. The average Bonchev–Trinajstić information content (AvgIpc) is 2.89. The molecule has 7 heteroatoms. The van der Waals surface area contributed by atoms with E-state index >= 15 is 0 Å². The molecule has 18 heavy (non-hydrogen) atoms. The molecule has 1 aromatic carbocycles. The van der Waals surface area contributed by atoms with Crippen LogP contribution < -0.4 is 9.46 Å². The summed E-state index contributed by atoms with van der Waals surface area (Å²) in [6.07, 6.45) is 3.19. The summed E-state index contributed by atoms with van der Waals surface area (Å²) in [6.45, 7) is 0.177. The number of H-pyrrole nitrogens is 1. The van der Waals surface area contributed by atoms with Crippen molar-refractivity contribution in [1.82, 2.24) is 14.9 Å². The van der Waals surface area contributed by atoms with Gasteiger partial charge in [-0.3, -0.25) is 5.10 Å². The Morgan fingerprint density at radius 2 is 2.17 bits per heavy atom. The Hall–Kier alpha value is -1.86. The van der Waals surface area contributed by atoms with Crippen LogP contribution >= 0.6 is 0 Å². The SMILES string of the molecule is COc1ccccc1S(=O)(=O)NCc1cn[nH]c1. The zero-order valence-electron chi connectivity index (χ0n) is 9.75. The van der Waals surface area contributed by atoms with E-state index in [1.807, 2.05) is 0 Å². The molecule has 0 spiro atoms. The second kappa shape index (κ2) is 5.19. The van der Waals surface area contributed by atoms with Crippen molar-refractivity contribution in [2.75, 3.05) is 7.11 Å². The number of hydrogen-bond acceptors (Lipinski definition) is 4. The molecule has 1 heterocycles. The highest BCUT2D eigenvalue weighted by atomic mass is 32.2. The van der Waals surface area contributed by atoms with E-state index in [0.717, 1.165) is 5.56 Å². The van der Waals surface area contributed by atoms with E-state index in [1.165, 1.54) is 13.2 Å². The van der Waals surface area contributed by atoms with Crippen molar-refractivity contribution in [2.45, 2.75) is 11.4 Å². The standard InChI is InChI=1S/C11H13N3O3S/c1-17-10-4-2-3-5-11(10)18(15,16)14-8-9-6-12-13-7-9/h2-7,14H,8H2,1H3,(H,12,13). The van der Waals surface area contributed by atoms with Crippen molar-refractivity contribution in [3.63, 3.8) is 0 Å². The maximum absolute atomic E-state index is 12.1. The van der Waals surface area contributed by atoms with Gasteiger partial charge in [-0.15, -0.1) is 0 Å². The lowest BCUT2D eigenvalue weighted by Crippen LogP contribution is -2.23. The predicted octanol–water partition coefficient (Wildman–Crippen LogP) is 0.897. The first-order chi connectivity index (χ1) is 8.63. The zero-order chi connectivity index (χ0) is 13.0. The normalized spacial score (nSPS) is 11.4. The summed E-state index contributed by atoms with van der Waals surface area (Å²) < 4.78 is 31.7. The predicted molar refractivity (Wildman–Crippen MR) is 65.6 cm³/mol. The summed E-state index contributed by atoms with van der Waals surface area (Å²) in [5.41, 5.74) is 0.758. The molecular weight excluding hydrogens is 254 g/mol. The molecular formula is C11H13N3O3S. The Morgan fingerprint density at radius 1 is 1.39 bits per heavy atom. The molecule has 0 saturated carbocycles. The van der Waals surface area contributed by atoms with Gasteiger partial charge < -0.3 is 4.74 Å². The maximum atomic E-state index is 12.1. The van der Waals surface area contributed by atoms with E-state index < -0.39 is 10.0 Å². The minimum absolute atomic E-state index is 0.121. The summed E-state index contributed by atoms with van der Waals surface area (Å²) in [5.74, 6) is 0.317. The van der Waals surface area contributed by atoms with Crippen LogP contribution in [0.25, 0.3) is 0 Å². The van der Waals surface area contributed by atoms with Crippen molar-refractivity contribution >= 4 is 10.0 Å². The minimum Gasteiger partial charge on any atom is -0.495 e. The summed E-state index contributed by atoms with van der Waals surface area (Å²) >= 11 is 0. The van der Waals surface area contributed by atoms with Crippen LogP contribution in [-0.2, 0) is 16.6 Å².